The van der Waals surface area contributed by atoms with Crippen LogP contribution in [0.15, 0.2) is 58.5 Å². The fraction of sp³-hybridized carbons (Fsp3) is 0.0714. The molecule has 0 atom stereocenters. The van der Waals surface area contributed by atoms with Gasteiger partial charge in [-0.2, -0.15) is 13.5 Å². The van der Waals surface area contributed by atoms with Crippen LogP contribution in [-0.2, 0) is 16.4 Å². The second-order valence-corrected chi connectivity index (χ2v) is 6.66. The highest BCUT2D eigenvalue weighted by atomic mass is 35.5. The van der Waals surface area contributed by atoms with Gasteiger partial charge in [0.15, 0.2) is 0 Å². The summed E-state index contributed by atoms with van der Waals surface area (Å²) in [7, 11) is -3.63. The summed E-state index contributed by atoms with van der Waals surface area (Å²) >= 11 is 11.8. The molecular weight excluding hydrogens is 331 g/mol. The zero-order valence-corrected chi connectivity index (χ0v) is 13.2. The van der Waals surface area contributed by atoms with Gasteiger partial charge in [-0.15, -0.1) is 0 Å². The van der Waals surface area contributed by atoms with Gasteiger partial charge in [0.05, 0.1) is 4.90 Å². The van der Waals surface area contributed by atoms with Crippen LogP contribution in [0.3, 0.4) is 0 Å². The van der Waals surface area contributed by atoms with Crippen LogP contribution in [-0.4, -0.2) is 14.6 Å². The van der Waals surface area contributed by atoms with Gasteiger partial charge in [-0.05, 0) is 29.8 Å². The molecule has 2 aromatic carbocycles. The average molecular weight is 343 g/mol. The van der Waals surface area contributed by atoms with Crippen LogP contribution in [0, 0.1) is 0 Å². The lowest BCUT2D eigenvalue weighted by molar-refractivity contribution is 0.584. The number of hydrogen-bond acceptors (Lipinski definition) is 3. The lowest BCUT2D eigenvalue weighted by atomic mass is 10.2. The number of hydrogen-bond donors (Lipinski definition) is 1. The van der Waals surface area contributed by atoms with Gasteiger partial charge in [0.1, 0.15) is 0 Å². The molecule has 0 saturated heterocycles. The molecule has 0 saturated carbocycles. The van der Waals surface area contributed by atoms with Gasteiger partial charge in [-0.1, -0.05) is 47.5 Å². The van der Waals surface area contributed by atoms with Crippen LogP contribution in [0.5, 0.6) is 0 Å². The van der Waals surface area contributed by atoms with Crippen molar-refractivity contribution in [3.05, 3.63) is 64.1 Å². The fourth-order valence-electron chi connectivity index (χ4n) is 1.59. The Balaban J connectivity index is 2.00. The van der Waals surface area contributed by atoms with Gasteiger partial charge >= 0.3 is 0 Å². The molecule has 0 aliphatic carbocycles. The van der Waals surface area contributed by atoms with Crippen LogP contribution < -0.4 is 4.83 Å². The third-order valence-electron chi connectivity index (χ3n) is 2.64. The van der Waals surface area contributed by atoms with Crippen LogP contribution in [0.4, 0.5) is 0 Å². The SMILES string of the molecule is O=S(=O)(N/N=C\Cc1ccc(Cl)cc1Cl)c1ccccc1. The van der Waals surface area contributed by atoms with Crippen molar-refractivity contribution in [2.75, 3.05) is 0 Å². The van der Waals surface area contributed by atoms with Crippen molar-refractivity contribution in [1.82, 2.24) is 4.83 Å². The number of sulfonamides is 1. The minimum absolute atomic E-state index is 0.159. The number of halogens is 2. The molecule has 0 aromatic heterocycles. The summed E-state index contributed by atoms with van der Waals surface area (Å²) in [5, 5.41) is 4.78. The summed E-state index contributed by atoms with van der Waals surface area (Å²) in [6.45, 7) is 0. The highest BCUT2D eigenvalue weighted by Crippen LogP contribution is 2.20. The molecule has 0 amide bonds. The number of nitrogens with zero attached hydrogens (tertiary/aromatic N) is 1. The zero-order chi connectivity index (χ0) is 15.3. The second kappa shape index (κ2) is 6.93. The predicted molar refractivity (Wildman–Crippen MR) is 85.4 cm³/mol. The van der Waals surface area contributed by atoms with Gasteiger partial charge in [0.2, 0.25) is 0 Å². The third kappa shape index (κ3) is 4.46. The number of hydrazone groups is 1. The van der Waals surface area contributed by atoms with E-state index >= 15 is 0 Å². The first-order valence-corrected chi connectivity index (χ1v) is 8.25. The first kappa shape index (κ1) is 15.8. The van der Waals surface area contributed by atoms with Crippen molar-refractivity contribution in [3.8, 4) is 0 Å². The summed E-state index contributed by atoms with van der Waals surface area (Å²) in [6.07, 6.45) is 1.84. The number of benzene rings is 2. The van der Waals surface area contributed by atoms with Crippen molar-refractivity contribution >= 4 is 39.4 Å². The first-order chi connectivity index (χ1) is 9.99. The van der Waals surface area contributed by atoms with E-state index in [2.05, 4.69) is 9.93 Å². The summed E-state index contributed by atoms with van der Waals surface area (Å²) < 4.78 is 23.8. The molecule has 110 valence electrons. The molecule has 0 heterocycles. The van der Waals surface area contributed by atoms with Crippen LogP contribution in [0.1, 0.15) is 5.56 Å². The van der Waals surface area contributed by atoms with Crippen LogP contribution in [0.25, 0.3) is 0 Å². The summed E-state index contributed by atoms with van der Waals surface area (Å²) in [5.74, 6) is 0. The quantitative estimate of drug-likeness (QED) is 0.667. The maximum atomic E-state index is 11.9. The lowest BCUT2D eigenvalue weighted by Gasteiger charge is -2.03. The number of nitrogens with one attached hydrogen (secondary N) is 1. The molecule has 0 spiro atoms. The van der Waals surface area contributed by atoms with E-state index in [0.29, 0.717) is 16.5 Å². The maximum Gasteiger partial charge on any atom is 0.276 e. The van der Waals surface area contributed by atoms with Crippen LogP contribution in [0.2, 0.25) is 10.0 Å². The Hall–Kier alpha value is -1.56. The predicted octanol–water partition coefficient (Wildman–Crippen LogP) is 3.50. The van der Waals surface area contributed by atoms with Gasteiger partial charge < -0.3 is 0 Å². The largest absolute Gasteiger partial charge is 0.276 e. The minimum Gasteiger partial charge on any atom is -0.200 e. The van der Waals surface area contributed by atoms with Gasteiger partial charge in [0.25, 0.3) is 10.0 Å². The van der Waals surface area contributed by atoms with Crippen molar-refractivity contribution in [2.45, 2.75) is 11.3 Å². The molecule has 0 unspecified atom stereocenters. The Kier molecular flexibility index (Phi) is 5.22. The molecule has 0 radical (unpaired) electrons. The molecule has 0 fully saturated rings. The standard InChI is InChI=1S/C14H12Cl2N2O2S/c15-12-7-6-11(14(16)10-12)8-9-17-18-21(19,20)13-4-2-1-3-5-13/h1-7,9-10,18H,8H2/b17-9-. The van der Waals surface area contributed by atoms with E-state index in [1.165, 1.54) is 18.3 Å². The van der Waals surface area contributed by atoms with E-state index in [1.807, 2.05) is 0 Å². The molecule has 2 aromatic rings. The second-order valence-electron chi connectivity index (χ2n) is 4.16. The monoisotopic (exact) mass is 342 g/mol. The van der Waals surface area contributed by atoms with E-state index in [4.69, 9.17) is 23.2 Å². The van der Waals surface area contributed by atoms with E-state index in [1.54, 1.807) is 36.4 Å². The molecule has 0 aliphatic rings. The summed E-state index contributed by atoms with van der Waals surface area (Å²) in [5.41, 5.74) is 0.809. The average Bonchev–Trinajstić information content (AvgIpc) is 2.46. The highest BCUT2D eigenvalue weighted by molar-refractivity contribution is 7.89. The van der Waals surface area contributed by atoms with Gasteiger partial charge in [-0.25, -0.2) is 4.83 Å². The summed E-state index contributed by atoms with van der Waals surface area (Å²) in [6, 6.07) is 13.1. The highest BCUT2D eigenvalue weighted by Gasteiger charge is 2.10. The lowest BCUT2D eigenvalue weighted by Crippen LogP contribution is -2.18. The zero-order valence-electron chi connectivity index (χ0n) is 10.8. The molecule has 21 heavy (non-hydrogen) atoms. The molecule has 0 aliphatic heterocycles. The Morgan fingerprint density at radius 2 is 1.81 bits per heavy atom. The maximum absolute atomic E-state index is 11.9. The topological polar surface area (TPSA) is 58.5 Å². The van der Waals surface area contributed by atoms with Crippen molar-refractivity contribution < 1.29 is 8.42 Å². The van der Waals surface area contributed by atoms with E-state index < -0.39 is 10.0 Å². The fourth-order valence-corrected chi connectivity index (χ4v) is 2.91. The molecular formula is C14H12Cl2N2O2S. The van der Waals surface area contributed by atoms with E-state index in [9.17, 15) is 8.42 Å². The van der Waals surface area contributed by atoms with E-state index in [0.717, 1.165) is 5.56 Å². The molecule has 1 N–H and O–H groups in total. The van der Waals surface area contributed by atoms with Crippen molar-refractivity contribution in [3.63, 3.8) is 0 Å². The van der Waals surface area contributed by atoms with Gasteiger partial charge in [-0.3, -0.25) is 0 Å². The normalized spacial score (nSPS) is 11.7. The molecule has 2 rings (SSSR count). The molecule has 0 bridgehead atoms. The molecule has 7 heteroatoms. The number of rotatable bonds is 5. The summed E-state index contributed by atoms with van der Waals surface area (Å²) in [4.78, 5) is 2.31. The minimum atomic E-state index is -3.63. The Morgan fingerprint density at radius 3 is 2.48 bits per heavy atom. The molecule has 4 nitrogen and oxygen atoms in total. The Labute approximate surface area is 133 Å². The van der Waals surface area contributed by atoms with E-state index in [-0.39, 0.29) is 4.90 Å². The Morgan fingerprint density at radius 1 is 1.10 bits per heavy atom. The third-order valence-corrected chi connectivity index (χ3v) is 4.47. The smallest absolute Gasteiger partial charge is 0.200 e. The van der Waals surface area contributed by atoms with Gasteiger partial charge in [0, 0.05) is 22.7 Å². The van der Waals surface area contributed by atoms with Crippen molar-refractivity contribution in [2.24, 2.45) is 5.10 Å². The van der Waals surface area contributed by atoms with Crippen molar-refractivity contribution in [1.29, 1.82) is 0 Å². The first-order valence-electron chi connectivity index (χ1n) is 6.01. The Bertz CT molecular complexity index is 747. The van der Waals surface area contributed by atoms with Crippen LogP contribution >= 0.6 is 23.2 Å².